The van der Waals surface area contributed by atoms with E-state index in [9.17, 15) is 53.1 Å². The number of likely N-dealkylation sites (tertiary alicyclic amines) is 1. The molecule has 27 heavy (non-hydrogen) atoms. The minimum atomic E-state index is -7.62. The first-order valence-corrected chi connectivity index (χ1v) is 7.47. The average Bonchev–Trinajstić information content (AvgIpc) is 2.54. The van der Waals surface area contributed by atoms with Crippen molar-refractivity contribution in [3.8, 4) is 0 Å². The molecule has 0 amide bonds. The Morgan fingerprint density at radius 3 is 1.67 bits per heavy atom. The first kappa shape index (κ1) is 23.7. The van der Waals surface area contributed by atoms with Crippen LogP contribution in [-0.4, -0.2) is 67.0 Å². The lowest BCUT2D eigenvalue weighted by atomic mass is 9.98. The van der Waals surface area contributed by atoms with E-state index in [1.54, 1.807) is 4.90 Å². The third-order valence-electron chi connectivity index (χ3n) is 3.88. The minimum Gasteiger partial charge on any atom is -0.460 e. The molecule has 1 rings (SSSR count). The zero-order valence-corrected chi connectivity index (χ0v) is 13.4. The number of esters is 1. The quantitative estimate of drug-likeness (QED) is 0.454. The zero-order chi connectivity index (χ0) is 21.3. The highest BCUT2D eigenvalue weighted by Gasteiger charge is 2.88. The molecule has 1 fully saturated rings. The summed E-state index contributed by atoms with van der Waals surface area (Å²) in [6.45, 7) is -0.284. The number of hydrogen-bond donors (Lipinski definition) is 0. The number of nitrogens with zero attached hydrogens (tertiary/aromatic N) is 1. The van der Waals surface area contributed by atoms with Crippen molar-refractivity contribution in [1.82, 2.24) is 4.90 Å². The van der Waals surface area contributed by atoms with E-state index >= 15 is 0 Å². The first-order valence-electron chi connectivity index (χ1n) is 7.47. The molecule has 1 heterocycles. The van der Waals surface area contributed by atoms with E-state index in [1.165, 1.54) is 0 Å². The van der Waals surface area contributed by atoms with Crippen molar-refractivity contribution in [2.24, 2.45) is 0 Å². The molecule has 14 heteroatoms. The summed E-state index contributed by atoms with van der Waals surface area (Å²) < 4.78 is 144. The third-order valence-corrected chi connectivity index (χ3v) is 3.88. The van der Waals surface area contributed by atoms with Gasteiger partial charge in [0.25, 0.3) is 0 Å². The summed E-state index contributed by atoms with van der Waals surface area (Å²) in [4.78, 5) is 12.6. The van der Waals surface area contributed by atoms with E-state index in [0.29, 0.717) is 25.9 Å². The number of ether oxygens (including phenoxy) is 1. The second-order valence-electron chi connectivity index (χ2n) is 5.83. The topological polar surface area (TPSA) is 29.5 Å². The van der Waals surface area contributed by atoms with Crippen molar-refractivity contribution >= 4 is 5.97 Å². The SMILES string of the molecule is O=C(OCCN1CCCCC1)C(F)(F)C(F)(F)C(F)(F)C(F)(F)C(F)(F)F. The summed E-state index contributed by atoms with van der Waals surface area (Å²) in [6.07, 6.45) is -4.99. The molecule has 0 aromatic heterocycles. The number of carbonyl (C=O) groups excluding carboxylic acids is 1. The Labute approximate surface area is 145 Å². The van der Waals surface area contributed by atoms with Gasteiger partial charge in [-0.15, -0.1) is 0 Å². The summed E-state index contributed by atoms with van der Waals surface area (Å²) in [5.74, 6) is -32.5. The van der Waals surface area contributed by atoms with E-state index in [2.05, 4.69) is 4.74 Å². The number of alkyl halides is 11. The van der Waals surface area contributed by atoms with Crippen LogP contribution in [0.1, 0.15) is 19.3 Å². The van der Waals surface area contributed by atoms with Crippen molar-refractivity contribution < 1.29 is 57.8 Å². The van der Waals surface area contributed by atoms with Gasteiger partial charge in [0.2, 0.25) is 0 Å². The Morgan fingerprint density at radius 1 is 0.741 bits per heavy atom. The van der Waals surface area contributed by atoms with Crippen LogP contribution in [0.5, 0.6) is 0 Å². The number of carbonyl (C=O) groups is 1. The fraction of sp³-hybridized carbons (Fsp3) is 0.923. The van der Waals surface area contributed by atoms with Crippen molar-refractivity contribution in [3.63, 3.8) is 0 Å². The van der Waals surface area contributed by atoms with E-state index in [4.69, 9.17) is 0 Å². The molecule has 3 nitrogen and oxygen atoms in total. The lowest BCUT2D eigenvalue weighted by molar-refractivity contribution is -0.418. The van der Waals surface area contributed by atoms with E-state index < -0.39 is 42.4 Å². The van der Waals surface area contributed by atoms with Crippen molar-refractivity contribution in [1.29, 1.82) is 0 Å². The van der Waals surface area contributed by atoms with Crippen LogP contribution in [0, 0.1) is 0 Å². The van der Waals surface area contributed by atoms with Gasteiger partial charge in [-0.1, -0.05) is 6.42 Å². The number of hydrogen-bond acceptors (Lipinski definition) is 3. The Hall–Kier alpha value is -1.34. The van der Waals surface area contributed by atoms with Crippen molar-refractivity contribution in [2.75, 3.05) is 26.2 Å². The van der Waals surface area contributed by atoms with E-state index in [0.717, 1.165) is 6.42 Å². The second-order valence-corrected chi connectivity index (χ2v) is 5.83. The standard InChI is InChI=1S/C13H14F11NO2/c14-9(15,8(26)27-7-6-25-4-2-1-3-5-25)10(16,17)11(18,19)12(20,21)13(22,23)24/h1-7H2. The van der Waals surface area contributed by atoms with E-state index in [-0.39, 0.29) is 6.54 Å². The Balaban J connectivity index is 2.89. The van der Waals surface area contributed by atoms with Crippen LogP contribution in [0.2, 0.25) is 0 Å². The van der Waals surface area contributed by atoms with Gasteiger partial charge in [0.1, 0.15) is 6.61 Å². The summed E-state index contributed by atoms with van der Waals surface area (Å²) in [5, 5.41) is 0. The van der Waals surface area contributed by atoms with Crippen LogP contribution in [0.25, 0.3) is 0 Å². The van der Waals surface area contributed by atoms with E-state index in [1.807, 2.05) is 0 Å². The summed E-state index contributed by atoms with van der Waals surface area (Å²) in [6, 6.07) is 0. The molecule has 1 saturated heterocycles. The lowest BCUT2D eigenvalue weighted by Crippen LogP contribution is -2.68. The number of rotatable bonds is 7. The van der Waals surface area contributed by atoms with Crippen LogP contribution in [0.3, 0.4) is 0 Å². The average molecular weight is 425 g/mol. The van der Waals surface area contributed by atoms with Crippen molar-refractivity contribution in [2.45, 2.75) is 49.1 Å². The fourth-order valence-electron chi connectivity index (χ4n) is 2.24. The molecule has 0 aromatic rings. The molecule has 1 aliphatic rings. The predicted molar refractivity (Wildman–Crippen MR) is 67.1 cm³/mol. The highest BCUT2D eigenvalue weighted by Crippen LogP contribution is 2.57. The molecule has 0 aromatic carbocycles. The maximum Gasteiger partial charge on any atom is 0.460 e. The van der Waals surface area contributed by atoms with Crippen LogP contribution in [0.4, 0.5) is 48.3 Å². The van der Waals surface area contributed by atoms with Gasteiger partial charge in [0.05, 0.1) is 0 Å². The van der Waals surface area contributed by atoms with Crippen LogP contribution >= 0.6 is 0 Å². The smallest absolute Gasteiger partial charge is 0.460 e. The van der Waals surface area contributed by atoms with Gasteiger partial charge >= 0.3 is 35.8 Å². The highest BCUT2D eigenvalue weighted by molar-refractivity contribution is 5.79. The van der Waals surface area contributed by atoms with Crippen LogP contribution < -0.4 is 0 Å². The second kappa shape index (κ2) is 7.59. The monoisotopic (exact) mass is 425 g/mol. The van der Waals surface area contributed by atoms with Crippen molar-refractivity contribution in [3.05, 3.63) is 0 Å². The highest BCUT2D eigenvalue weighted by atomic mass is 19.4. The maximum atomic E-state index is 13.4. The predicted octanol–water partition coefficient (Wildman–Crippen LogP) is 4.12. The first-order chi connectivity index (χ1) is 12.0. The van der Waals surface area contributed by atoms with Crippen LogP contribution in [-0.2, 0) is 9.53 Å². The van der Waals surface area contributed by atoms with Gasteiger partial charge in [-0.05, 0) is 25.9 Å². The molecule has 0 spiro atoms. The normalized spacial score (nSPS) is 18.5. The fourth-order valence-corrected chi connectivity index (χ4v) is 2.24. The van der Waals surface area contributed by atoms with Crippen LogP contribution in [0.15, 0.2) is 0 Å². The van der Waals surface area contributed by atoms with Gasteiger partial charge in [0.15, 0.2) is 0 Å². The molecule has 160 valence electrons. The number of halogens is 11. The molecule has 0 bridgehead atoms. The number of piperidine rings is 1. The molecule has 0 aliphatic carbocycles. The summed E-state index contributed by atoms with van der Waals surface area (Å²) >= 11 is 0. The summed E-state index contributed by atoms with van der Waals surface area (Å²) in [5.41, 5.74) is 0. The largest absolute Gasteiger partial charge is 0.460 e. The lowest BCUT2D eigenvalue weighted by Gasteiger charge is -2.36. The maximum absolute atomic E-state index is 13.4. The van der Waals surface area contributed by atoms with Gasteiger partial charge < -0.3 is 4.74 Å². The molecule has 1 aliphatic heterocycles. The molecular weight excluding hydrogens is 411 g/mol. The van der Waals surface area contributed by atoms with Gasteiger partial charge in [0, 0.05) is 6.54 Å². The Kier molecular flexibility index (Phi) is 6.66. The third kappa shape index (κ3) is 4.24. The van der Waals surface area contributed by atoms with Gasteiger partial charge in [-0.25, -0.2) is 4.79 Å². The zero-order valence-electron chi connectivity index (χ0n) is 13.4. The molecule has 0 N–H and O–H groups in total. The Bertz CT molecular complexity index is 527. The summed E-state index contributed by atoms with van der Waals surface area (Å²) in [7, 11) is 0. The molecule has 0 unspecified atom stereocenters. The molecule has 0 radical (unpaired) electrons. The molecule has 0 atom stereocenters. The van der Waals surface area contributed by atoms with Gasteiger partial charge in [-0.2, -0.15) is 48.3 Å². The molecular formula is C13H14F11NO2. The van der Waals surface area contributed by atoms with Gasteiger partial charge in [-0.3, -0.25) is 4.90 Å². The Morgan fingerprint density at radius 2 is 1.22 bits per heavy atom. The molecule has 0 saturated carbocycles. The minimum absolute atomic E-state index is 0.234.